The Labute approximate surface area is 182 Å². The Morgan fingerprint density at radius 3 is 2.37 bits per heavy atom. The van der Waals surface area contributed by atoms with Crippen LogP contribution in [-0.2, 0) is 0 Å². The lowest BCUT2D eigenvalue weighted by Gasteiger charge is -2.12. The largest absolute Gasteiger partial charge is 0.493 e. The third-order valence-electron chi connectivity index (χ3n) is 4.15. The van der Waals surface area contributed by atoms with Gasteiger partial charge in [0.25, 0.3) is 5.91 Å². The highest BCUT2D eigenvalue weighted by atomic mass is 79.9. The first-order valence-electron chi connectivity index (χ1n) is 9.03. The van der Waals surface area contributed by atoms with E-state index in [9.17, 15) is 9.59 Å². The van der Waals surface area contributed by atoms with Crippen LogP contribution in [0.15, 0.2) is 76.3 Å². The monoisotopic (exact) mass is 466 g/mol. The average molecular weight is 467 g/mol. The van der Waals surface area contributed by atoms with Crippen molar-refractivity contribution in [2.24, 2.45) is 5.10 Å². The number of amides is 1. The number of carbonyl (C=O) groups excluding carboxylic acids is 2. The van der Waals surface area contributed by atoms with Crippen molar-refractivity contribution in [1.82, 2.24) is 5.43 Å². The summed E-state index contributed by atoms with van der Waals surface area (Å²) in [5, 5.41) is 3.97. The third-order valence-corrected chi connectivity index (χ3v) is 4.74. The molecule has 0 aliphatic carbocycles. The maximum atomic E-state index is 12.4. The Balaban J connectivity index is 1.74. The number of benzene rings is 3. The minimum Gasteiger partial charge on any atom is -0.493 e. The average Bonchev–Trinajstić information content (AvgIpc) is 2.76. The number of nitrogens with zero attached hydrogens (tertiary/aromatic N) is 1. The SMILES string of the molecule is COc1cc(/C=N/NC(=O)c2ccccc2)cc(Br)c1OC(=O)c1ccc(C)cc1. The van der Waals surface area contributed by atoms with Crippen molar-refractivity contribution in [3.8, 4) is 11.5 Å². The van der Waals surface area contributed by atoms with Crippen LogP contribution in [-0.4, -0.2) is 25.2 Å². The second kappa shape index (κ2) is 9.84. The molecule has 3 aromatic rings. The number of hydrogen-bond donors (Lipinski definition) is 1. The minimum atomic E-state index is -0.495. The lowest BCUT2D eigenvalue weighted by Crippen LogP contribution is -2.17. The molecular formula is C23H19BrN2O4. The summed E-state index contributed by atoms with van der Waals surface area (Å²) in [5.41, 5.74) is 5.10. The van der Waals surface area contributed by atoms with E-state index in [1.807, 2.05) is 25.1 Å². The Hall–Kier alpha value is -3.45. The zero-order valence-corrected chi connectivity index (χ0v) is 18.0. The molecule has 3 aromatic carbocycles. The zero-order chi connectivity index (χ0) is 21.5. The number of hydrogen-bond acceptors (Lipinski definition) is 5. The Morgan fingerprint density at radius 2 is 1.70 bits per heavy atom. The summed E-state index contributed by atoms with van der Waals surface area (Å²) in [5.74, 6) is -0.207. The van der Waals surface area contributed by atoms with E-state index < -0.39 is 5.97 Å². The van der Waals surface area contributed by atoms with Crippen LogP contribution in [0.1, 0.15) is 31.8 Å². The molecule has 1 amide bonds. The van der Waals surface area contributed by atoms with Gasteiger partial charge in [0, 0.05) is 5.56 Å². The summed E-state index contributed by atoms with van der Waals surface area (Å²) in [4.78, 5) is 24.5. The standard InChI is InChI=1S/C23H19BrN2O4/c1-15-8-10-18(11-9-15)23(28)30-21-19(24)12-16(13-20(21)29-2)14-25-26-22(27)17-6-4-3-5-7-17/h3-14H,1-2H3,(H,26,27)/b25-14+. The molecule has 6 nitrogen and oxygen atoms in total. The fourth-order valence-electron chi connectivity index (χ4n) is 2.57. The molecule has 0 heterocycles. The number of ether oxygens (including phenoxy) is 2. The molecule has 0 unspecified atom stereocenters. The van der Waals surface area contributed by atoms with E-state index in [0.29, 0.717) is 26.9 Å². The van der Waals surface area contributed by atoms with E-state index in [-0.39, 0.29) is 11.7 Å². The first-order valence-corrected chi connectivity index (χ1v) is 9.82. The van der Waals surface area contributed by atoms with Gasteiger partial charge >= 0.3 is 5.97 Å². The predicted molar refractivity (Wildman–Crippen MR) is 118 cm³/mol. The van der Waals surface area contributed by atoms with Crippen molar-refractivity contribution in [3.05, 3.63) is 93.5 Å². The lowest BCUT2D eigenvalue weighted by atomic mass is 10.1. The second-order valence-corrected chi connectivity index (χ2v) is 7.21. The molecule has 0 aliphatic rings. The number of carbonyl (C=O) groups is 2. The van der Waals surface area contributed by atoms with Gasteiger partial charge in [-0.05, 0) is 64.8 Å². The van der Waals surface area contributed by atoms with Gasteiger partial charge in [0.05, 0.1) is 23.4 Å². The zero-order valence-electron chi connectivity index (χ0n) is 16.4. The van der Waals surface area contributed by atoms with E-state index in [2.05, 4.69) is 26.5 Å². The quantitative estimate of drug-likeness (QED) is 0.246. The topological polar surface area (TPSA) is 77.0 Å². The van der Waals surface area contributed by atoms with E-state index in [1.165, 1.54) is 13.3 Å². The minimum absolute atomic E-state index is 0.258. The molecule has 0 bridgehead atoms. The molecule has 7 heteroatoms. The normalized spacial score (nSPS) is 10.6. The predicted octanol–water partition coefficient (Wildman–Crippen LogP) is 4.75. The van der Waals surface area contributed by atoms with Crippen molar-refractivity contribution in [2.45, 2.75) is 6.92 Å². The molecule has 0 spiro atoms. The number of rotatable bonds is 6. The molecule has 0 atom stereocenters. The van der Waals surface area contributed by atoms with E-state index in [4.69, 9.17) is 9.47 Å². The van der Waals surface area contributed by atoms with Crippen LogP contribution in [0.2, 0.25) is 0 Å². The van der Waals surface area contributed by atoms with Gasteiger partial charge in [-0.2, -0.15) is 5.10 Å². The maximum absolute atomic E-state index is 12.4. The van der Waals surface area contributed by atoms with Gasteiger partial charge in [-0.3, -0.25) is 4.79 Å². The summed E-state index contributed by atoms with van der Waals surface area (Å²) in [6, 6.07) is 19.2. The number of hydrazone groups is 1. The molecule has 1 N–H and O–H groups in total. The maximum Gasteiger partial charge on any atom is 0.343 e. The molecule has 0 fully saturated rings. The molecule has 0 aromatic heterocycles. The van der Waals surface area contributed by atoms with Crippen molar-refractivity contribution in [2.75, 3.05) is 7.11 Å². The molecular weight excluding hydrogens is 448 g/mol. The molecule has 30 heavy (non-hydrogen) atoms. The third kappa shape index (κ3) is 5.33. The fraction of sp³-hybridized carbons (Fsp3) is 0.0870. The van der Waals surface area contributed by atoms with Crippen LogP contribution < -0.4 is 14.9 Å². The highest BCUT2D eigenvalue weighted by Gasteiger charge is 2.16. The van der Waals surface area contributed by atoms with Crippen molar-refractivity contribution in [3.63, 3.8) is 0 Å². The van der Waals surface area contributed by atoms with E-state index in [1.54, 1.807) is 48.5 Å². The summed E-state index contributed by atoms with van der Waals surface area (Å²) in [7, 11) is 1.48. The molecule has 0 radical (unpaired) electrons. The van der Waals surface area contributed by atoms with Gasteiger partial charge in [0.1, 0.15) is 0 Å². The van der Waals surface area contributed by atoms with Gasteiger partial charge < -0.3 is 9.47 Å². The Morgan fingerprint density at radius 1 is 1.00 bits per heavy atom. The highest BCUT2D eigenvalue weighted by molar-refractivity contribution is 9.10. The second-order valence-electron chi connectivity index (χ2n) is 6.35. The van der Waals surface area contributed by atoms with Crippen molar-refractivity contribution >= 4 is 34.0 Å². The molecule has 152 valence electrons. The molecule has 3 rings (SSSR count). The number of nitrogens with one attached hydrogen (secondary N) is 1. The fourth-order valence-corrected chi connectivity index (χ4v) is 3.11. The van der Waals surface area contributed by atoms with Crippen LogP contribution in [0, 0.1) is 6.92 Å². The highest BCUT2D eigenvalue weighted by Crippen LogP contribution is 2.36. The van der Waals surface area contributed by atoms with Crippen LogP contribution in [0.4, 0.5) is 0 Å². The first-order chi connectivity index (χ1) is 14.5. The first kappa shape index (κ1) is 21.3. The summed E-state index contributed by atoms with van der Waals surface area (Å²) in [6.07, 6.45) is 1.47. The Kier molecular flexibility index (Phi) is 6.98. The molecule has 0 aliphatic heterocycles. The number of methoxy groups -OCH3 is 1. The van der Waals surface area contributed by atoms with Gasteiger partial charge in [-0.25, -0.2) is 10.2 Å². The van der Waals surface area contributed by atoms with Crippen LogP contribution in [0.5, 0.6) is 11.5 Å². The Bertz CT molecular complexity index is 1080. The van der Waals surface area contributed by atoms with Gasteiger partial charge in [-0.1, -0.05) is 35.9 Å². The number of aryl methyl sites for hydroxylation is 1. The van der Waals surface area contributed by atoms with Gasteiger partial charge in [0.15, 0.2) is 11.5 Å². The molecule has 0 saturated carbocycles. The van der Waals surface area contributed by atoms with Crippen molar-refractivity contribution < 1.29 is 19.1 Å². The van der Waals surface area contributed by atoms with Crippen LogP contribution in [0.3, 0.4) is 0 Å². The number of esters is 1. The summed E-state index contributed by atoms with van der Waals surface area (Å²) < 4.78 is 11.4. The molecule has 0 saturated heterocycles. The summed E-state index contributed by atoms with van der Waals surface area (Å²) >= 11 is 3.40. The van der Waals surface area contributed by atoms with Gasteiger partial charge in [0.2, 0.25) is 0 Å². The van der Waals surface area contributed by atoms with Crippen LogP contribution in [0.25, 0.3) is 0 Å². The van der Waals surface area contributed by atoms with Crippen LogP contribution >= 0.6 is 15.9 Å². The van der Waals surface area contributed by atoms with Crippen molar-refractivity contribution in [1.29, 1.82) is 0 Å². The van der Waals surface area contributed by atoms with E-state index >= 15 is 0 Å². The van der Waals surface area contributed by atoms with Gasteiger partial charge in [-0.15, -0.1) is 0 Å². The lowest BCUT2D eigenvalue weighted by molar-refractivity contribution is 0.0728. The van der Waals surface area contributed by atoms with E-state index in [0.717, 1.165) is 5.56 Å². The number of halogens is 1. The summed E-state index contributed by atoms with van der Waals surface area (Å²) in [6.45, 7) is 1.94. The smallest absolute Gasteiger partial charge is 0.343 e.